The summed E-state index contributed by atoms with van der Waals surface area (Å²) < 4.78 is 5.85. The van der Waals surface area contributed by atoms with Gasteiger partial charge in [-0.25, -0.2) is 4.79 Å². The molecule has 0 aliphatic carbocycles. The van der Waals surface area contributed by atoms with Gasteiger partial charge in [0.25, 0.3) is 5.91 Å². The molecule has 0 fully saturated rings. The zero-order valence-electron chi connectivity index (χ0n) is 20.5. The van der Waals surface area contributed by atoms with Gasteiger partial charge in [0.15, 0.2) is 6.10 Å². The van der Waals surface area contributed by atoms with Crippen LogP contribution in [-0.2, 0) is 22.5 Å². The van der Waals surface area contributed by atoms with Crippen molar-refractivity contribution in [3.8, 4) is 0 Å². The summed E-state index contributed by atoms with van der Waals surface area (Å²) in [4.78, 5) is 33.8. The number of para-hydroxylation sites is 1. The number of nitrogens with one attached hydrogen (secondary N) is 1. The van der Waals surface area contributed by atoms with E-state index in [9.17, 15) is 9.59 Å². The van der Waals surface area contributed by atoms with E-state index in [-0.39, 0.29) is 5.91 Å². The fraction of sp³-hybridized carbons (Fsp3) is 0.393. The number of hydrogen-bond acceptors (Lipinski definition) is 5. The Bertz CT molecular complexity index is 1220. The second-order valence-corrected chi connectivity index (χ2v) is 9.05. The number of anilines is 1. The number of aryl methyl sites for hydroxylation is 2. The predicted molar refractivity (Wildman–Crippen MR) is 135 cm³/mol. The average molecular weight is 460 g/mol. The molecule has 3 aromatic rings. The van der Waals surface area contributed by atoms with Crippen molar-refractivity contribution in [2.24, 2.45) is 0 Å². The lowest BCUT2D eigenvalue weighted by atomic mass is 9.95. The first kappa shape index (κ1) is 23.9. The van der Waals surface area contributed by atoms with Crippen molar-refractivity contribution >= 4 is 28.5 Å². The van der Waals surface area contributed by atoms with Crippen molar-refractivity contribution in [1.82, 2.24) is 9.88 Å². The van der Waals surface area contributed by atoms with Gasteiger partial charge in [-0.15, -0.1) is 0 Å². The van der Waals surface area contributed by atoms with E-state index in [0.717, 1.165) is 59.2 Å². The minimum Gasteiger partial charge on any atom is -0.449 e. The summed E-state index contributed by atoms with van der Waals surface area (Å²) >= 11 is 0. The molecule has 0 saturated carbocycles. The van der Waals surface area contributed by atoms with E-state index in [0.29, 0.717) is 24.2 Å². The Hall–Kier alpha value is -3.25. The number of pyridine rings is 1. The van der Waals surface area contributed by atoms with Crippen LogP contribution in [0.4, 0.5) is 5.69 Å². The first-order chi connectivity index (χ1) is 16.4. The highest BCUT2D eigenvalue weighted by atomic mass is 16.5. The molecular weight excluding hydrogens is 426 g/mol. The van der Waals surface area contributed by atoms with E-state index in [1.807, 2.05) is 63.2 Å². The molecule has 1 atom stereocenters. The molecule has 1 amide bonds. The predicted octanol–water partition coefficient (Wildman–Crippen LogP) is 5.19. The van der Waals surface area contributed by atoms with Crippen LogP contribution in [-0.4, -0.2) is 41.0 Å². The van der Waals surface area contributed by atoms with E-state index in [2.05, 4.69) is 17.1 Å². The number of esters is 1. The van der Waals surface area contributed by atoms with Gasteiger partial charge < -0.3 is 10.1 Å². The Morgan fingerprint density at radius 2 is 1.91 bits per heavy atom. The van der Waals surface area contributed by atoms with Crippen molar-refractivity contribution in [3.05, 3.63) is 70.4 Å². The standard InChI is InChI=1S/C28H33N3O3/c1-5-14-31-15-13-24-22(17-31)26(21-9-7-8-10-23(21)30-24)28(33)34-25(6-2)27(32)29-20-12-11-18(3)19(4)16-20/h7-12,16,25H,5-6,13-15,17H2,1-4H3,(H,29,32). The maximum absolute atomic E-state index is 13.6. The van der Waals surface area contributed by atoms with Crippen LogP contribution < -0.4 is 5.32 Å². The van der Waals surface area contributed by atoms with Crippen molar-refractivity contribution in [3.63, 3.8) is 0 Å². The van der Waals surface area contributed by atoms with Gasteiger partial charge in [0, 0.05) is 41.8 Å². The highest BCUT2D eigenvalue weighted by Gasteiger charge is 2.29. The number of carbonyl (C=O) groups is 2. The van der Waals surface area contributed by atoms with Crippen LogP contribution in [0.3, 0.4) is 0 Å². The normalized spacial score (nSPS) is 14.5. The zero-order valence-corrected chi connectivity index (χ0v) is 20.5. The third-order valence-electron chi connectivity index (χ3n) is 6.56. The average Bonchev–Trinajstić information content (AvgIpc) is 2.83. The van der Waals surface area contributed by atoms with E-state index in [1.54, 1.807) is 0 Å². The summed E-state index contributed by atoms with van der Waals surface area (Å²) in [7, 11) is 0. The van der Waals surface area contributed by atoms with Gasteiger partial charge in [0.2, 0.25) is 0 Å². The van der Waals surface area contributed by atoms with Gasteiger partial charge in [0.1, 0.15) is 0 Å². The Morgan fingerprint density at radius 3 is 2.65 bits per heavy atom. The molecule has 1 unspecified atom stereocenters. The Balaban J connectivity index is 1.63. The van der Waals surface area contributed by atoms with Crippen molar-refractivity contribution in [2.75, 3.05) is 18.4 Å². The van der Waals surface area contributed by atoms with Gasteiger partial charge in [0.05, 0.1) is 11.1 Å². The number of aromatic nitrogens is 1. The molecule has 1 aromatic heterocycles. The zero-order chi connectivity index (χ0) is 24.2. The van der Waals surface area contributed by atoms with E-state index >= 15 is 0 Å². The summed E-state index contributed by atoms with van der Waals surface area (Å²) in [6.45, 7) is 10.6. The lowest BCUT2D eigenvalue weighted by molar-refractivity contribution is -0.124. The number of benzene rings is 2. The molecule has 0 spiro atoms. The van der Waals surface area contributed by atoms with Crippen LogP contribution >= 0.6 is 0 Å². The molecule has 0 radical (unpaired) electrons. The summed E-state index contributed by atoms with van der Waals surface area (Å²) in [6, 6.07) is 13.4. The summed E-state index contributed by atoms with van der Waals surface area (Å²) in [6.07, 6.45) is 1.35. The summed E-state index contributed by atoms with van der Waals surface area (Å²) in [5.41, 5.74) is 6.14. The van der Waals surface area contributed by atoms with E-state index in [1.165, 1.54) is 0 Å². The molecule has 1 aliphatic rings. The smallest absolute Gasteiger partial charge is 0.340 e. The molecule has 2 aromatic carbocycles. The molecule has 2 heterocycles. The minimum absolute atomic E-state index is 0.320. The van der Waals surface area contributed by atoms with Gasteiger partial charge in [-0.2, -0.15) is 0 Å². The molecule has 178 valence electrons. The van der Waals surface area contributed by atoms with E-state index in [4.69, 9.17) is 9.72 Å². The molecule has 1 aliphatic heterocycles. The quantitative estimate of drug-likeness (QED) is 0.492. The summed E-state index contributed by atoms with van der Waals surface area (Å²) in [5.74, 6) is -0.783. The highest BCUT2D eigenvalue weighted by Crippen LogP contribution is 2.29. The topological polar surface area (TPSA) is 71.5 Å². The van der Waals surface area contributed by atoms with Crippen LogP contribution in [0.25, 0.3) is 10.9 Å². The molecule has 6 heteroatoms. The van der Waals surface area contributed by atoms with Crippen LogP contribution in [0.15, 0.2) is 42.5 Å². The van der Waals surface area contributed by atoms with Crippen LogP contribution in [0, 0.1) is 13.8 Å². The number of hydrogen-bond donors (Lipinski definition) is 1. The third-order valence-corrected chi connectivity index (χ3v) is 6.56. The molecule has 4 rings (SSSR count). The minimum atomic E-state index is -0.882. The maximum atomic E-state index is 13.6. The first-order valence-corrected chi connectivity index (χ1v) is 12.1. The van der Waals surface area contributed by atoms with Crippen molar-refractivity contribution in [1.29, 1.82) is 0 Å². The lowest BCUT2D eigenvalue weighted by Crippen LogP contribution is -2.35. The molecular formula is C28H33N3O3. The molecule has 0 saturated heterocycles. The van der Waals surface area contributed by atoms with Crippen LogP contribution in [0.5, 0.6) is 0 Å². The second kappa shape index (κ2) is 10.3. The number of fused-ring (bicyclic) bond motifs is 2. The number of ether oxygens (including phenoxy) is 1. The lowest BCUT2D eigenvalue weighted by Gasteiger charge is -2.30. The highest BCUT2D eigenvalue weighted by molar-refractivity contribution is 6.06. The van der Waals surface area contributed by atoms with Crippen LogP contribution in [0.1, 0.15) is 59.4 Å². The van der Waals surface area contributed by atoms with Crippen molar-refractivity contribution < 1.29 is 14.3 Å². The van der Waals surface area contributed by atoms with Gasteiger partial charge in [-0.05, 0) is 62.6 Å². The SMILES string of the molecule is CCCN1CCc2nc3ccccc3c(C(=O)OC(CC)C(=O)Nc3ccc(C)c(C)c3)c2C1. The fourth-order valence-electron chi connectivity index (χ4n) is 4.54. The van der Waals surface area contributed by atoms with Gasteiger partial charge in [-0.3, -0.25) is 14.7 Å². The maximum Gasteiger partial charge on any atom is 0.340 e. The number of rotatable bonds is 7. The molecule has 0 bridgehead atoms. The first-order valence-electron chi connectivity index (χ1n) is 12.1. The Labute approximate surface area is 201 Å². The number of nitrogens with zero attached hydrogens (tertiary/aromatic N) is 2. The number of carbonyl (C=O) groups excluding carboxylic acids is 2. The largest absolute Gasteiger partial charge is 0.449 e. The third kappa shape index (κ3) is 4.97. The van der Waals surface area contributed by atoms with Gasteiger partial charge >= 0.3 is 5.97 Å². The Kier molecular flexibility index (Phi) is 7.27. The van der Waals surface area contributed by atoms with E-state index < -0.39 is 12.1 Å². The second-order valence-electron chi connectivity index (χ2n) is 9.05. The Morgan fingerprint density at radius 1 is 1.12 bits per heavy atom. The fourth-order valence-corrected chi connectivity index (χ4v) is 4.54. The summed E-state index contributed by atoms with van der Waals surface area (Å²) in [5, 5.41) is 3.68. The molecule has 6 nitrogen and oxygen atoms in total. The number of amides is 1. The monoisotopic (exact) mass is 459 g/mol. The van der Waals surface area contributed by atoms with Crippen molar-refractivity contribution in [2.45, 2.75) is 59.6 Å². The molecule has 34 heavy (non-hydrogen) atoms. The van der Waals surface area contributed by atoms with Crippen LogP contribution in [0.2, 0.25) is 0 Å². The van der Waals surface area contributed by atoms with Gasteiger partial charge in [-0.1, -0.05) is 38.1 Å². The molecule has 1 N–H and O–H groups in total.